The maximum absolute atomic E-state index is 14.4. The Morgan fingerprint density at radius 3 is 0.907 bits per heavy atom. The fraction of sp³-hybridized carbons (Fsp3) is 0.674. The lowest BCUT2D eigenvalue weighted by Gasteiger charge is -2.28. The zero-order valence-corrected chi connectivity index (χ0v) is 82.4. The van der Waals surface area contributed by atoms with Gasteiger partial charge in [0.1, 0.15) is 85.1 Å². The van der Waals surface area contributed by atoms with Crippen LogP contribution in [0.1, 0.15) is 205 Å². The van der Waals surface area contributed by atoms with Gasteiger partial charge in [-0.05, 0) is 151 Å². The monoisotopic (exact) mass is 1990 g/mol. The van der Waals surface area contributed by atoms with E-state index in [0.717, 1.165) is 6.92 Å². The number of aliphatic hydroxyl groups is 1. The van der Waals surface area contributed by atoms with E-state index in [-0.39, 0.29) is 120 Å². The Labute approximate surface area is 814 Å². The minimum Gasteiger partial charge on any atom is -0.481 e. The summed E-state index contributed by atoms with van der Waals surface area (Å²) in [5, 5.41) is 104. The van der Waals surface area contributed by atoms with E-state index in [1.165, 1.54) is 6.92 Å². The number of guanidine groups is 2. The average molecular weight is 1990 g/mol. The number of aliphatic carboxylic acids is 3. The first-order valence-corrected chi connectivity index (χ1v) is 46.8. The SMILES string of the molecule is CC(C)C[C@H](NC(=O)CNC(=O)[C@@H](NC(=O)[C@H](CCCNC(=N)N)NC(=O)CNC(=O)[C@H](CC(C)C)NC(=O)[C@H](CCC(=O)O)NC(=O)[C@H](CCCNC(=N)N)NC(=O)[C@H](CC(C)C)NC(=O)[C@H](CCC(=O)O)NC(=O)[C@H](C)N)[C@@H](C)O)C(=O)N[C@@H](CCCCN)C(=O)N[C@@H](CC(C)C)C(=O)NCC(=O)N[C@@H](CC(C)C)C(=O)N[C@H](C(=O)NCC(=O)N[C@@H](Cc1ccccc1)C(=O)NCC(=O)O)C(C)C. The van der Waals surface area contributed by atoms with Crippen LogP contribution >= 0.6 is 0 Å². The molecule has 0 radical (unpaired) electrons. The summed E-state index contributed by atoms with van der Waals surface area (Å²) in [4.78, 5) is 284. The molecule has 0 aliphatic heterocycles. The van der Waals surface area contributed by atoms with Gasteiger partial charge in [0.25, 0.3) is 0 Å². The van der Waals surface area contributed by atoms with Crippen molar-refractivity contribution >= 4 is 136 Å². The van der Waals surface area contributed by atoms with Gasteiger partial charge in [-0.3, -0.25) is 112 Å². The van der Waals surface area contributed by atoms with Crippen LogP contribution in [0.5, 0.6) is 0 Å². The Hall–Kier alpha value is -13.5. The minimum atomic E-state index is -1.87. The van der Waals surface area contributed by atoms with Crippen LogP contribution < -0.4 is 129 Å². The molecule has 15 atom stereocenters. The summed E-state index contributed by atoms with van der Waals surface area (Å²) >= 11 is 0. The molecule has 51 heteroatoms. The molecule has 0 fully saturated rings. The second kappa shape index (κ2) is 66.1. The lowest BCUT2D eigenvalue weighted by molar-refractivity contribution is -0.139. The van der Waals surface area contributed by atoms with Crippen molar-refractivity contribution in [2.45, 2.75) is 297 Å². The Morgan fingerprint density at radius 1 is 0.300 bits per heavy atom. The van der Waals surface area contributed by atoms with Gasteiger partial charge in [-0.25, -0.2) is 0 Å². The molecule has 34 N–H and O–H groups in total. The number of carboxylic acid groups (broad SMARTS) is 3. The van der Waals surface area contributed by atoms with Gasteiger partial charge in [0, 0.05) is 32.4 Å². The molecule has 140 heavy (non-hydrogen) atoms. The van der Waals surface area contributed by atoms with Crippen molar-refractivity contribution in [3.8, 4) is 0 Å². The molecular formula is C89H152N26O25. The molecule has 0 aliphatic rings. The number of carboxylic acids is 3. The fourth-order valence-electron chi connectivity index (χ4n) is 13.8. The summed E-state index contributed by atoms with van der Waals surface area (Å²) in [6.07, 6.45) is -4.21. The van der Waals surface area contributed by atoms with E-state index in [2.05, 4.69) is 106 Å². The maximum atomic E-state index is 14.4. The van der Waals surface area contributed by atoms with Gasteiger partial charge >= 0.3 is 17.9 Å². The smallest absolute Gasteiger partial charge is 0.322 e. The van der Waals surface area contributed by atoms with Gasteiger partial charge in [-0.2, -0.15) is 0 Å². The third-order valence-electron chi connectivity index (χ3n) is 20.9. The summed E-state index contributed by atoms with van der Waals surface area (Å²) in [5.74, 6) is -23.9. The normalized spacial score (nSPS) is 14.4. The highest BCUT2D eigenvalue weighted by molar-refractivity contribution is 6.01. The largest absolute Gasteiger partial charge is 0.481 e. The van der Waals surface area contributed by atoms with E-state index < -0.39 is 297 Å². The average Bonchev–Trinajstić information content (AvgIpc) is 0.856. The van der Waals surface area contributed by atoms with Crippen molar-refractivity contribution in [3.63, 3.8) is 0 Å². The van der Waals surface area contributed by atoms with E-state index in [9.17, 15) is 116 Å². The van der Waals surface area contributed by atoms with E-state index in [4.69, 9.17) is 38.9 Å². The second-order valence-corrected chi connectivity index (χ2v) is 36.6. The summed E-state index contributed by atoms with van der Waals surface area (Å²) in [6.45, 7) is 19.0. The second-order valence-electron chi connectivity index (χ2n) is 36.6. The summed E-state index contributed by atoms with van der Waals surface area (Å²) in [6, 6.07) is -11.7. The Balaban J connectivity index is 3.45. The van der Waals surface area contributed by atoms with Gasteiger partial charge < -0.3 is 150 Å². The molecule has 1 aromatic rings. The number of rotatable bonds is 69. The van der Waals surface area contributed by atoms with Gasteiger partial charge in [0.2, 0.25) is 106 Å². The predicted molar refractivity (Wildman–Crippen MR) is 510 cm³/mol. The zero-order valence-electron chi connectivity index (χ0n) is 82.4. The number of carbonyl (C=O) groups excluding carboxylic acids is 18. The number of hydrogen-bond acceptors (Lipinski definition) is 26. The van der Waals surface area contributed by atoms with E-state index in [0.29, 0.717) is 12.0 Å². The number of amides is 18. The molecule has 0 aliphatic carbocycles. The minimum absolute atomic E-state index is 0.000745. The van der Waals surface area contributed by atoms with Crippen molar-refractivity contribution in [1.29, 1.82) is 10.8 Å². The quantitative estimate of drug-likeness (QED) is 0.0164. The van der Waals surface area contributed by atoms with Crippen LogP contribution in [-0.2, 0) is 107 Å². The van der Waals surface area contributed by atoms with Crippen LogP contribution in [0.4, 0.5) is 0 Å². The molecule has 788 valence electrons. The molecule has 0 unspecified atom stereocenters. The molecule has 0 heterocycles. The first-order valence-electron chi connectivity index (χ1n) is 46.8. The van der Waals surface area contributed by atoms with Gasteiger partial charge in [0.15, 0.2) is 11.9 Å². The van der Waals surface area contributed by atoms with Gasteiger partial charge in [-0.15, -0.1) is 0 Å². The molecule has 1 aromatic carbocycles. The van der Waals surface area contributed by atoms with Crippen LogP contribution in [0.15, 0.2) is 30.3 Å². The number of unbranched alkanes of at least 4 members (excludes halogenated alkanes) is 1. The Kier molecular flexibility index (Phi) is 58.8. The molecule has 0 saturated carbocycles. The van der Waals surface area contributed by atoms with E-state index in [1.807, 2.05) is 0 Å². The predicted octanol–water partition coefficient (Wildman–Crippen LogP) is -6.80. The Bertz CT molecular complexity index is 4310. The lowest BCUT2D eigenvalue weighted by atomic mass is 9.99. The maximum Gasteiger partial charge on any atom is 0.322 e. The number of hydrogen-bond donors (Lipinski definition) is 30. The molecule has 0 aromatic heterocycles. The number of benzene rings is 1. The molecule has 0 spiro atoms. The van der Waals surface area contributed by atoms with Crippen molar-refractivity contribution in [3.05, 3.63) is 35.9 Å². The summed E-state index contributed by atoms with van der Waals surface area (Å²) in [5.41, 5.74) is 23.1. The van der Waals surface area contributed by atoms with Gasteiger partial charge in [-0.1, -0.05) is 113 Å². The molecule has 0 saturated heterocycles. The van der Waals surface area contributed by atoms with E-state index in [1.54, 1.807) is 113 Å². The fourth-order valence-corrected chi connectivity index (χ4v) is 13.8. The zero-order chi connectivity index (χ0) is 106. The first-order chi connectivity index (χ1) is 65.5. The molecule has 18 amide bonds. The molecule has 1 rings (SSSR count). The molecular weight excluding hydrogens is 1830 g/mol. The standard InChI is InChI=1S/C89H152N26O25/c1-45(2)34-59(75(128)99-41-66(118)105-62(37-48(7)8)85(138)114-72(50(11)12)86(139)100-42-68(120)106-64(77(130)102-44-71(125)126)39-53-22-16-15-17-23-53)111-79(132)55(24-18-19-31-90)108-83(136)61(36-47(5)6)104-67(119)43-101-87(140)73(52(14)116)115-82(135)54(25-20-32-96-88(92)93)103-65(117)40-98-76(129)60(35-46(3)4)112-81(134)58(28-30-70(123)124)110-78(131)56(26-21-33-97-89(94)95)109-84(137)63(38-49(9)10)113-80(133)57(27-29-69(121)122)107-74(127)51(13)91/h15-17,22-23,45-52,54-64,72-73,116H,18-21,24-44,90-91H2,1-14H3,(H,98,129)(H,99,128)(H,100,139)(H,101,140)(H,102,130)(H,103,117)(H,104,119)(H,105,118)(H,106,120)(H,107,127)(H,108,136)(H,109,137)(H,110,131)(H,111,132)(H,112,134)(H,113,133)(H,114,138)(H,115,135)(H,121,122)(H,123,124)(H,125,126)(H4,92,93,96)(H4,94,95,97)/t51-,52+,54-,55-,56-,57-,58-,59-,60-,61-,62-,63-,64-,72-,73-/m0/s1. The number of carbonyl (C=O) groups is 21. The van der Waals surface area contributed by atoms with Crippen LogP contribution in [0.3, 0.4) is 0 Å². The Morgan fingerprint density at radius 2 is 0.571 bits per heavy atom. The van der Waals surface area contributed by atoms with Crippen molar-refractivity contribution in [1.82, 2.24) is 106 Å². The van der Waals surface area contributed by atoms with E-state index >= 15 is 0 Å². The van der Waals surface area contributed by atoms with Crippen LogP contribution in [0, 0.1) is 46.3 Å². The highest BCUT2D eigenvalue weighted by Gasteiger charge is 2.39. The lowest BCUT2D eigenvalue weighted by Crippen LogP contribution is -2.60. The molecule has 51 nitrogen and oxygen atoms in total. The number of nitrogens with one attached hydrogen (secondary N) is 22. The summed E-state index contributed by atoms with van der Waals surface area (Å²) in [7, 11) is 0. The highest BCUT2D eigenvalue weighted by atomic mass is 16.4. The van der Waals surface area contributed by atoms with Crippen molar-refractivity contribution in [2.24, 2.45) is 58.4 Å². The summed E-state index contributed by atoms with van der Waals surface area (Å²) < 4.78 is 0. The van der Waals surface area contributed by atoms with Crippen molar-refractivity contribution in [2.75, 3.05) is 52.4 Å². The third-order valence-corrected chi connectivity index (χ3v) is 20.9. The van der Waals surface area contributed by atoms with Crippen LogP contribution in [-0.4, -0.2) is 300 Å². The topological polar surface area (TPSA) is 832 Å². The highest BCUT2D eigenvalue weighted by Crippen LogP contribution is 2.17. The number of nitrogens with two attached hydrogens (primary N) is 4. The first kappa shape index (κ1) is 125. The van der Waals surface area contributed by atoms with Crippen molar-refractivity contribution < 1.29 is 121 Å². The van der Waals surface area contributed by atoms with Crippen LogP contribution in [0.25, 0.3) is 0 Å². The molecule has 0 bridgehead atoms. The third kappa shape index (κ3) is 53.4. The van der Waals surface area contributed by atoms with Gasteiger partial charge in [0.05, 0.1) is 38.3 Å². The van der Waals surface area contributed by atoms with Crippen LogP contribution in [0.2, 0.25) is 0 Å². The number of aliphatic hydroxyl groups excluding tert-OH is 1.